The highest BCUT2D eigenvalue weighted by atomic mass is 16.7. The third-order valence-corrected chi connectivity index (χ3v) is 8.98. The van der Waals surface area contributed by atoms with Gasteiger partial charge in [0, 0.05) is 45.1 Å². The van der Waals surface area contributed by atoms with E-state index in [2.05, 4.69) is 10.6 Å². The van der Waals surface area contributed by atoms with Crippen molar-refractivity contribution < 1.29 is 66.8 Å². The number of hydrogen-bond donors (Lipinski definition) is 2. The van der Waals surface area contributed by atoms with E-state index >= 15 is 0 Å². The van der Waals surface area contributed by atoms with E-state index in [0.29, 0.717) is 57.5 Å². The molecule has 1 unspecified atom stereocenters. The van der Waals surface area contributed by atoms with Crippen LogP contribution in [-0.4, -0.2) is 123 Å². The van der Waals surface area contributed by atoms with Crippen LogP contribution >= 0.6 is 0 Å². The molecule has 17 heteroatoms. The van der Waals surface area contributed by atoms with Crippen LogP contribution in [0.15, 0.2) is 0 Å². The monoisotopic (exact) mass is 872 g/mol. The van der Waals surface area contributed by atoms with Gasteiger partial charge in [-0.2, -0.15) is 0 Å². The number of nitrogens with zero attached hydrogens (tertiary/aromatic N) is 1. The van der Waals surface area contributed by atoms with Crippen LogP contribution in [0.4, 0.5) is 0 Å². The van der Waals surface area contributed by atoms with Crippen molar-refractivity contribution in [2.45, 2.75) is 181 Å². The molecule has 1 saturated heterocycles. The van der Waals surface area contributed by atoms with Crippen LogP contribution in [0.5, 0.6) is 0 Å². The SMILES string of the molecule is CC(C)(C)OC(=O)CCCCCCCCCCCCCCC(=O)NCCOCCOCCOCCOCCC(=O)NC(CCC(=O)OC(C)(C)C)C(=O)ON1C(=O)CCC1=O. The van der Waals surface area contributed by atoms with Gasteiger partial charge in [-0.3, -0.25) is 28.8 Å². The number of carbonyl (C=O) groups is 7. The molecule has 0 radical (unpaired) electrons. The minimum Gasteiger partial charge on any atom is -0.460 e. The first-order chi connectivity index (χ1) is 29.0. The molecule has 1 heterocycles. The molecule has 1 aliphatic heterocycles. The Morgan fingerprint density at radius 3 is 1.41 bits per heavy atom. The van der Waals surface area contributed by atoms with Gasteiger partial charge in [0.1, 0.15) is 17.2 Å². The molecule has 1 rings (SSSR count). The summed E-state index contributed by atoms with van der Waals surface area (Å²) in [6.07, 6.45) is 14.1. The minimum atomic E-state index is -1.30. The lowest BCUT2D eigenvalue weighted by Gasteiger charge is -2.22. The number of imide groups is 1. The third-order valence-electron chi connectivity index (χ3n) is 8.98. The van der Waals surface area contributed by atoms with E-state index in [0.717, 1.165) is 32.1 Å². The molecule has 2 N–H and O–H groups in total. The Morgan fingerprint density at radius 2 is 0.934 bits per heavy atom. The zero-order valence-electron chi connectivity index (χ0n) is 38.0. The Bertz CT molecular complexity index is 1280. The third kappa shape index (κ3) is 32.7. The van der Waals surface area contributed by atoms with Gasteiger partial charge in [0.15, 0.2) is 0 Å². The predicted molar refractivity (Wildman–Crippen MR) is 226 cm³/mol. The zero-order chi connectivity index (χ0) is 45.4. The number of unbranched alkanes of at least 4 members (excludes halogenated alkanes) is 11. The topological polar surface area (TPSA) is 211 Å². The van der Waals surface area contributed by atoms with Crippen molar-refractivity contribution in [2.24, 2.45) is 0 Å². The fraction of sp³-hybridized carbons (Fsp3) is 0.841. The van der Waals surface area contributed by atoms with Gasteiger partial charge in [0.05, 0.1) is 52.9 Å². The van der Waals surface area contributed by atoms with Crippen LogP contribution < -0.4 is 10.6 Å². The second-order valence-electron chi connectivity index (χ2n) is 17.1. The van der Waals surface area contributed by atoms with Crippen molar-refractivity contribution in [2.75, 3.05) is 59.4 Å². The smallest absolute Gasteiger partial charge is 0.355 e. The Labute approximate surface area is 363 Å². The molecule has 0 aromatic rings. The molecule has 0 aromatic heterocycles. The number of hydroxylamine groups is 2. The molecule has 4 amide bonds. The maximum Gasteiger partial charge on any atom is 0.355 e. The standard InChI is InChI=1S/C44H77N3O14/c1-43(2,3)59-40(52)20-18-16-14-12-10-8-7-9-11-13-15-17-19-36(48)45-26-28-56-30-32-58-34-33-57-31-29-55-27-25-37(49)46-35(21-24-41(53)60-44(4,5)6)42(54)61-47-38(50)22-23-39(47)51/h35H,7-34H2,1-6H3,(H,45,48)(H,46,49). The molecular weight excluding hydrogens is 794 g/mol. The lowest BCUT2D eigenvalue weighted by molar-refractivity contribution is -0.199. The van der Waals surface area contributed by atoms with Gasteiger partial charge in [-0.1, -0.05) is 64.2 Å². The first kappa shape index (κ1) is 55.3. The lowest BCUT2D eigenvalue weighted by atomic mass is 10.0. The summed E-state index contributed by atoms with van der Waals surface area (Å²) in [5, 5.41) is 5.76. The van der Waals surface area contributed by atoms with E-state index in [-0.39, 0.29) is 63.8 Å². The van der Waals surface area contributed by atoms with Crippen molar-refractivity contribution >= 4 is 41.5 Å². The van der Waals surface area contributed by atoms with Gasteiger partial charge in [-0.05, 0) is 60.8 Å². The van der Waals surface area contributed by atoms with E-state index in [1.807, 2.05) is 20.8 Å². The summed E-state index contributed by atoms with van der Waals surface area (Å²) >= 11 is 0. The predicted octanol–water partition coefficient (Wildman–Crippen LogP) is 5.58. The fourth-order valence-electron chi connectivity index (χ4n) is 5.97. The van der Waals surface area contributed by atoms with Crippen LogP contribution in [-0.2, 0) is 66.8 Å². The molecule has 0 aromatic carbocycles. The van der Waals surface area contributed by atoms with Gasteiger partial charge in [-0.15, -0.1) is 5.06 Å². The molecule has 1 fully saturated rings. The number of amides is 4. The summed E-state index contributed by atoms with van der Waals surface area (Å²) in [6, 6.07) is -1.30. The first-order valence-electron chi connectivity index (χ1n) is 22.3. The van der Waals surface area contributed by atoms with E-state index in [4.69, 9.17) is 33.3 Å². The molecule has 0 aliphatic carbocycles. The van der Waals surface area contributed by atoms with Crippen LogP contribution in [0.2, 0.25) is 0 Å². The van der Waals surface area contributed by atoms with E-state index in [1.54, 1.807) is 20.8 Å². The van der Waals surface area contributed by atoms with Gasteiger partial charge >= 0.3 is 17.9 Å². The Kier molecular flexibility index (Phi) is 29.9. The number of esters is 2. The molecule has 0 saturated carbocycles. The first-order valence-corrected chi connectivity index (χ1v) is 22.3. The molecule has 1 atom stereocenters. The number of nitrogens with one attached hydrogen (secondary N) is 2. The highest BCUT2D eigenvalue weighted by Crippen LogP contribution is 2.17. The van der Waals surface area contributed by atoms with Crippen molar-refractivity contribution in [3.63, 3.8) is 0 Å². The number of rotatable bonds is 36. The average molecular weight is 872 g/mol. The van der Waals surface area contributed by atoms with Crippen LogP contribution in [0.3, 0.4) is 0 Å². The molecule has 17 nitrogen and oxygen atoms in total. The van der Waals surface area contributed by atoms with Crippen LogP contribution in [0.25, 0.3) is 0 Å². The molecular formula is C44H77N3O14. The average Bonchev–Trinajstić information content (AvgIpc) is 3.48. The lowest BCUT2D eigenvalue weighted by Crippen LogP contribution is -2.46. The van der Waals surface area contributed by atoms with E-state index in [9.17, 15) is 33.6 Å². The highest BCUT2D eigenvalue weighted by molar-refractivity contribution is 6.02. The Hall–Kier alpha value is -3.67. The zero-order valence-corrected chi connectivity index (χ0v) is 38.0. The second kappa shape index (κ2) is 33.0. The van der Waals surface area contributed by atoms with Crippen molar-refractivity contribution in [1.82, 2.24) is 15.7 Å². The number of carbonyl (C=O) groups excluding carboxylic acids is 7. The van der Waals surface area contributed by atoms with E-state index < -0.39 is 46.9 Å². The van der Waals surface area contributed by atoms with Crippen molar-refractivity contribution in [3.8, 4) is 0 Å². The maximum atomic E-state index is 12.7. The Balaban J connectivity index is 1.95. The summed E-state index contributed by atoms with van der Waals surface area (Å²) in [7, 11) is 0. The maximum absolute atomic E-state index is 12.7. The quantitative estimate of drug-likeness (QED) is 0.0448. The van der Waals surface area contributed by atoms with Crippen molar-refractivity contribution in [1.29, 1.82) is 0 Å². The van der Waals surface area contributed by atoms with E-state index in [1.165, 1.54) is 44.9 Å². The normalized spacial score (nSPS) is 13.6. The van der Waals surface area contributed by atoms with Gasteiger partial charge < -0.3 is 43.9 Å². The molecule has 352 valence electrons. The summed E-state index contributed by atoms with van der Waals surface area (Å²) in [5.41, 5.74) is -1.14. The Morgan fingerprint density at radius 1 is 0.525 bits per heavy atom. The minimum absolute atomic E-state index is 0.0330. The number of ether oxygens (including phenoxy) is 6. The molecule has 61 heavy (non-hydrogen) atoms. The summed E-state index contributed by atoms with van der Waals surface area (Å²) in [4.78, 5) is 90.0. The largest absolute Gasteiger partial charge is 0.460 e. The van der Waals surface area contributed by atoms with Crippen LogP contribution in [0, 0.1) is 0 Å². The number of hydrogen-bond acceptors (Lipinski definition) is 14. The highest BCUT2D eigenvalue weighted by Gasteiger charge is 2.35. The fourth-order valence-corrected chi connectivity index (χ4v) is 5.97. The molecule has 1 aliphatic rings. The van der Waals surface area contributed by atoms with Gasteiger partial charge in [-0.25, -0.2) is 4.79 Å². The second-order valence-corrected chi connectivity index (χ2v) is 17.1. The summed E-state index contributed by atoms with van der Waals surface area (Å²) in [6.45, 7) is 13.6. The molecule has 0 bridgehead atoms. The molecule has 0 spiro atoms. The van der Waals surface area contributed by atoms with Gasteiger partial charge in [0.2, 0.25) is 11.8 Å². The van der Waals surface area contributed by atoms with Crippen LogP contribution in [0.1, 0.15) is 164 Å². The summed E-state index contributed by atoms with van der Waals surface area (Å²) in [5.74, 6) is -3.56. The summed E-state index contributed by atoms with van der Waals surface area (Å²) < 4.78 is 32.5. The van der Waals surface area contributed by atoms with Crippen molar-refractivity contribution in [3.05, 3.63) is 0 Å². The van der Waals surface area contributed by atoms with Gasteiger partial charge in [0.25, 0.3) is 11.8 Å².